The molecule has 0 unspecified atom stereocenters. The molecule has 0 saturated carbocycles. The number of carboxylic acids is 1. The maximum Gasteiger partial charge on any atom is 0.341 e. The number of rotatable bonds is 2. The van der Waals surface area contributed by atoms with Gasteiger partial charge >= 0.3 is 5.97 Å². The first kappa shape index (κ1) is 11.4. The van der Waals surface area contributed by atoms with Gasteiger partial charge in [0.05, 0.1) is 0 Å². The van der Waals surface area contributed by atoms with E-state index in [1.807, 2.05) is 0 Å². The first-order valence-corrected chi connectivity index (χ1v) is 5.19. The average Bonchev–Trinajstić information content (AvgIpc) is 2.28. The van der Waals surface area contributed by atoms with Gasteiger partial charge in [0.1, 0.15) is 5.56 Å². The van der Waals surface area contributed by atoms with Crippen LogP contribution in [0.5, 0.6) is 0 Å². The number of halogens is 1. The number of aromatic amines is 1. The number of H-pyrrole nitrogens is 1. The predicted molar refractivity (Wildman–Crippen MR) is 64.5 cm³/mol. The van der Waals surface area contributed by atoms with Gasteiger partial charge in [-0.3, -0.25) is 4.79 Å². The van der Waals surface area contributed by atoms with E-state index in [4.69, 9.17) is 16.7 Å². The van der Waals surface area contributed by atoms with Gasteiger partial charge in [-0.25, -0.2) is 4.79 Å². The normalized spacial score (nSPS) is 10.2. The quantitative estimate of drug-likeness (QED) is 0.859. The molecule has 0 radical (unpaired) electrons. The van der Waals surface area contributed by atoms with E-state index in [0.717, 1.165) is 0 Å². The third-order valence-corrected chi connectivity index (χ3v) is 2.67. The standard InChI is InChI=1S/C12H8ClNO3/c13-9-4-2-1-3-7(9)8-5-6-14-11(15)10(8)12(16)17/h1-6H,(H,14,15)(H,16,17). The van der Waals surface area contributed by atoms with Crippen LogP contribution >= 0.6 is 11.6 Å². The molecular weight excluding hydrogens is 242 g/mol. The van der Waals surface area contributed by atoms with Crippen LogP contribution in [0, 0.1) is 0 Å². The van der Waals surface area contributed by atoms with Gasteiger partial charge in [0.2, 0.25) is 0 Å². The van der Waals surface area contributed by atoms with Gasteiger partial charge in [-0.05, 0) is 12.1 Å². The smallest absolute Gasteiger partial charge is 0.341 e. The number of aromatic carboxylic acids is 1. The Labute approximate surface area is 101 Å². The summed E-state index contributed by atoms with van der Waals surface area (Å²) in [5.74, 6) is -1.28. The summed E-state index contributed by atoms with van der Waals surface area (Å²) in [7, 11) is 0. The molecular formula is C12H8ClNO3. The monoisotopic (exact) mass is 249 g/mol. The Bertz CT molecular complexity index is 634. The second-order valence-electron chi connectivity index (χ2n) is 3.38. The van der Waals surface area contributed by atoms with Crippen molar-refractivity contribution in [3.05, 3.63) is 57.5 Å². The lowest BCUT2D eigenvalue weighted by Gasteiger charge is -2.06. The number of benzene rings is 1. The Kier molecular flexibility index (Phi) is 2.97. The van der Waals surface area contributed by atoms with Crippen molar-refractivity contribution in [2.75, 3.05) is 0 Å². The lowest BCUT2D eigenvalue weighted by Crippen LogP contribution is -2.18. The van der Waals surface area contributed by atoms with Crippen LogP contribution in [0.1, 0.15) is 10.4 Å². The molecule has 2 aromatic rings. The zero-order valence-electron chi connectivity index (χ0n) is 8.61. The van der Waals surface area contributed by atoms with Gasteiger partial charge in [-0.15, -0.1) is 0 Å². The molecule has 4 nitrogen and oxygen atoms in total. The zero-order chi connectivity index (χ0) is 12.4. The molecule has 2 rings (SSSR count). The van der Waals surface area contributed by atoms with Crippen molar-refractivity contribution in [3.8, 4) is 11.1 Å². The molecule has 5 heteroatoms. The number of hydrogen-bond donors (Lipinski definition) is 2. The van der Waals surface area contributed by atoms with Crippen molar-refractivity contribution < 1.29 is 9.90 Å². The number of aromatic nitrogens is 1. The fourth-order valence-electron chi connectivity index (χ4n) is 1.59. The molecule has 17 heavy (non-hydrogen) atoms. The van der Waals surface area contributed by atoms with Crippen molar-refractivity contribution in [1.82, 2.24) is 4.98 Å². The van der Waals surface area contributed by atoms with E-state index in [1.165, 1.54) is 12.3 Å². The van der Waals surface area contributed by atoms with Crippen molar-refractivity contribution in [1.29, 1.82) is 0 Å². The highest BCUT2D eigenvalue weighted by atomic mass is 35.5. The minimum atomic E-state index is -1.28. The van der Waals surface area contributed by atoms with Gasteiger partial charge in [0, 0.05) is 22.3 Å². The molecule has 0 aliphatic rings. The highest BCUT2D eigenvalue weighted by Gasteiger charge is 2.17. The number of carbonyl (C=O) groups is 1. The summed E-state index contributed by atoms with van der Waals surface area (Å²) in [6.07, 6.45) is 1.40. The van der Waals surface area contributed by atoms with E-state index in [-0.39, 0.29) is 5.56 Å². The molecule has 86 valence electrons. The minimum absolute atomic E-state index is 0.305. The second kappa shape index (κ2) is 4.43. The fraction of sp³-hybridized carbons (Fsp3) is 0. The summed E-state index contributed by atoms with van der Waals surface area (Å²) >= 11 is 5.98. The number of pyridine rings is 1. The Morgan fingerprint density at radius 1 is 1.18 bits per heavy atom. The Morgan fingerprint density at radius 3 is 2.53 bits per heavy atom. The SMILES string of the molecule is O=C(O)c1c(-c2ccccc2Cl)cc[nH]c1=O. The lowest BCUT2D eigenvalue weighted by molar-refractivity contribution is 0.0696. The first-order valence-electron chi connectivity index (χ1n) is 4.81. The third-order valence-electron chi connectivity index (χ3n) is 2.34. The molecule has 1 aromatic carbocycles. The molecule has 0 fully saturated rings. The van der Waals surface area contributed by atoms with E-state index in [1.54, 1.807) is 24.3 Å². The summed E-state index contributed by atoms with van der Waals surface area (Å²) in [6.45, 7) is 0. The van der Waals surface area contributed by atoms with Gasteiger partial charge in [-0.1, -0.05) is 29.8 Å². The van der Waals surface area contributed by atoms with E-state index >= 15 is 0 Å². The fourth-order valence-corrected chi connectivity index (χ4v) is 1.83. The predicted octanol–water partition coefficient (Wildman–Crippen LogP) is 2.39. The van der Waals surface area contributed by atoms with Gasteiger partial charge in [-0.2, -0.15) is 0 Å². The largest absolute Gasteiger partial charge is 0.477 e. The highest BCUT2D eigenvalue weighted by molar-refractivity contribution is 6.33. The third kappa shape index (κ3) is 2.07. The average molecular weight is 250 g/mol. The van der Waals surface area contributed by atoms with Crippen LogP contribution in [0.3, 0.4) is 0 Å². The maximum atomic E-state index is 11.5. The molecule has 1 aromatic heterocycles. The van der Waals surface area contributed by atoms with Crippen LogP contribution < -0.4 is 5.56 Å². The van der Waals surface area contributed by atoms with E-state index < -0.39 is 11.5 Å². The molecule has 0 amide bonds. The van der Waals surface area contributed by atoms with Crippen LogP contribution in [0.15, 0.2) is 41.3 Å². The van der Waals surface area contributed by atoms with Crippen LogP contribution in [0.4, 0.5) is 0 Å². The van der Waals surface area contributed by atoms with Gasteiger partial charge < -0.3 is 10.1 Å². The first-order chi connectivity index (χ1) is 8.11. The van der Waals surface area contributed by atoms with Crippen LogP contribution in [-0.4, -0.2) is 16.1 Å². The van der Waals surface area contributed by atoms with Crippen molar-refractivity contribution in [2.24, 2.45) is 0 Å². The van der Waals surface area contributed by atoms with Crippen LogP contribution in [-0.2, 0) is 0 Å². The molecule has 0 atom stereocenters. The number of hydrogen-bond acceptors (Lipinski definition) is 2. The molecule has 0 bridgehead atoms. The van der Waals surface area contributed by atoms with Crippen molar-refractivity contribution in [3.63, 3.8) is 0 Å². The van der Waals surface area contributed by atoms with Crippen LogP contribution in [0.2, 0.25) is 5.02 Å². The Balaban J connectivity index is 2.77. The van der Waals surface area contributed by atoms with Crippen LogP contribution in [0.25, 0.3) is 11.1 Å². The molecule has 0 saturated heterocycles. The Morgan fingerprint density at radius 2 is 1.88 bits per heavy atom. The topological polar surface area (TPSA) is 70.2 Å². The molecule has 0 aliphatic carbocycles. The Hall–Kier alpha value is -2.07. The summed E-state index contributed by atoms with van der Waals surface area (Å²) in [5, 5.41) is 9.44. The summed E-state index contributed by atoms with van der Waals surface area (Å²) in [6, 6.07) is 8.30. The minimum Gasteiger partial charge on any atom is -0.477 e. The maximum absolute atomic E-state index is 11.5. The molecule has 0 spiro atoms. The number of nitrogens with one attached hydrogen (secondary N) is 1. The van der Waals surface area contributed by atoms with E-state index in [2.05, 4.69) is 4.98 Å². The van der Waals surface area contributed by atoms with Gasteiger partial charge in [0.25, 0.3) is 5.56 Å². The van der Waals surface area contributed by atoms with Crippen molar-refractivity contribution >= 4 is 17.6 Å². The molecule has 1 heterocycles. The van der Waals surface area contributed by atoms with Crippen molar-refractivity contribution in [2.45, 2.75) is 0 Å². The van der Waals surface area contributed by atoms with E-state index in [9.17, 15) is 9.59 Å². The zero-order valence-corrected chi connectivity index (χ0v) is 9.36. The summed E-state index contributed by atoms with van der Waals surface area (Å²) in [5.41, 5.74) is -0.111. The lowest BCUT2D eigenvalue weighted by atomic mass is 10.0. The summed E-state index contributed by atoms with van der Waals surface area (Å²) in [4.78, 5) is 24.9. The highest BCUT2D eigenvalue weighted by Crippen LogP contribution is 2.28. The van der Waals surface area contributed by atoms with Gasteiger partial charge in [0.15, 0.2) is 0 Å². The number of carboxylic acid groups (broad SMARTS) is 1. The summed E-state index contributed by atoms with van der Waals surface area (Å²) < 4.78 is 0. The molecule has 0 aliphatic heterocycles. The van der Waals surface area contributed by atoms with E-state index in [0.29, 0.717) is 16.1 Å². The molecule has 2 N–H and O–H groups in total. The second-order valence-corrected chi connectivity index (χ2v) is 3.79.